The molecule has 0 aliphatic carbocycles. The standard InChI is InChI=1S/C19H21NO4/c1-13-6-11-16(17(12-13)24-2)19(23)20-15-9-7-14(8-10-15)4-3-5-18(21)22/h6-12H,3-5H2,1-2H3,(H,20,23)(H,21,22). The van der Waals surface area contributed by atoms with Crippen LogP contribution in [-0.4, -0.2) is 24.1 Å². The molecule has 2 aromatic rings. The van der Waals surface area contributed by atoms with Crippen molar-refractivity contribution in [3.8, 4) is 5.75 Å². The molecule has 2 N–H and O–H groups in total. The van der Waals surface area contributed by atoms with Gasteiger partial charge in [0.2, 0.25) is 0 Å². The van der Waals surface area contributed by atoms with Crippen molar-refractivity contribution in [1.82, 2.24) is 0 Å². The molecule has 0 spiro atoms. The van der Waals surface area contributed by atoms with Crippen molar-refractivity contribution in [3.63, 3.8) is 0 Å². The van der Waals surface area contributed by atoms with E-state index in [4.69, 9.17) is 9.84 Å². The first-order valence-corrected chi connectivity index (χ1v) is 7.76. The molecule has 24 heavy (non-hydrogen) atoms. The Morgan fingerprint density at radius 1 is 1.12 bits per heavy atom. The summed E-state index contributed by atoms with van der Waals surface area (Å²) in [5.74, 6) is -0.478. The number of aliphatic carboxylic acids is 1. The van der Waals surface area contributed by atoms with E-state index < -0.39 is 5.97 Å². The number of aryl methyl sites for hydroxylation is 2. The van der Waals surface area contributed by atoms with E-state index in [9.17, 15) is 9.59 Å². The van der Waals surface area contributed by atoms with Crippen LogP contribution in [0.1, 0.15) is 34.3 Å². The molecular weight excluding hydrogens is 306 g/mol. The Morgan fingerprint density at radius 2 is 1.83 bits per heavy atom. The summed E-state index contributed by atoms with van der Waals surface area (Å²) in [6.07, 6.45) is 1.46. The van der Waals surface area contributed by atoms with Crippen LogP contribution in [0.2, 0.25) is 0 Å². The molecule has 0 heterocycles. The Kier molecular flexibility index (Phi) is 5.95. The van der Waals surface area contributed by atoms with E-state index in [-0.39, 0.29) is 12.3 Å². The lowest BCUT2D eigenvalue weighted by atomic mass is 10.1. The molecule has 0 bridgehead atoms. The Morgan fingerprint density at radius 3 is 2.46 bits per heavy atom. The quantitative estimate of drug-likeness (QED) is 0.813. The van der Waals surface area contributed by atoms with Crippen LogP contribution >= 0.6 is 0 Å². The molecule has 0 aliphatic heterocycles. The van der Waals surface area contributed by atoms with Crippen LogP contribution < -0.4 is 10.1 Å². The van der Waals surface area contributed by atoms with Gasteiger partial charge in [-0.2, -0.15) is 0 Å². The Hall–Kier alpha value is -2.82. The average molecular weight is 327 g/mol. The number of carbonyl (C=O) groups excluding carboxylic acids is 1. The van der Waals surface area contributed by atoms with Gasteiger partial charge in [-0.15, -0.1) is 0 Å². The molecule has 0 fully saturated rings. The third kappa shape index (κ3) is 4.84. The lowest BCUT2D eigenvalue weighted by Gasteiger charge is -2.10. The lowest BCUT2D eigenvalue weighted by Crippen LogP contribution is -2.13. The van der Waals surface area contributed by atoms with Gasteiger partial charge in [-0.05, 0) is 55.2 Å². The average Bonchev–Trinajstić information content (AvgIpc) is 2.55. The molecular formula is C19H21NO4. The first-order chi connectivity index (χ1) is 11.5. The van der Waals surface area contributed by atoms with Gasteiger partial charge in [-0.1, -0.05) is 18.2 Å². The van der Waals surface area contributed by atoms with E-state index in [0.717, 1.165) is 11.1 Å². The third-order valence-electron chi connectivity index (χ3n) is 3.67. The first-order valence-electron chi connectivity index (χ1n) is 7.76. The maximum absolute atomic E-state index is 12.4. The van der Waals surface area contributed by atoms with Crippen LogP contribution in [0.15, 0.2) is 42.5 Å². The molecule has 0 atom stereocenters. The van der Waals surface area contributed by atoms with Crippen LogP contribution in [0.5, 0.6) is 5.75 Å². The van der Waals surface area contributed by atoms with Gasteiger partial charge >= 0.3 is 5.97 Å². The number of methoxy groups -OCH3 is 1. The van der Waals surface area contributed by atoms with E-state index in [0.29, 0.717) is 29.8 Å². The van der Waals surface area contributed by atoms with Gasteiger partial charge in [0.1, 0.15) is 5.75 Å². The van der Waals surface area contributed by atoms with Gasteiger partial charge in [0, 0.05) is 12.1 Å². The van der Waals surface area contributed by atoms with E-state index in [2.05, 4.69) is 5.32 Å². The van der Waals surface area contributed by atoms with Crippen molar-refractivity contribution >= 4 is 17.6 Å². The Bertz CT molecular complexity index is 723. The van der Waals surface area contributed by atoms with Crippen LogP contribution in [0.25, 0.3) is 0 Å². The van der Waals surface area contributed by atoms with Crippen LogP contribution in [0.4, 0.5) is 5.69 Å². The third-order valence-corrected chi connectivity index (χ3v) is 3.67. The van der Waals surface area contributed by atoms with Gasteiger partial charge in [-0.25, -0.2) is 0 Å². The number of hydrogen-bond donors (Lipinski definition) is 2. The number of rotatable bonds is 7. The summed E-state index contributed by atoms with van der Waals surface area (Å²) >= 11 is 0. The van der Waals surface area contributed by atoms with E-state index >= 15 is 0 Å². The van der Waals surface area contributed by atoms with Crippen molar-refractivity contribution in [2.75, 3.05) is 12.4 Å². The molecule has 5 nitrogen and oxygen atoms in total. The molecule has 0 radical (unpaired) electrons. The highest BCUT2D eigenvalue weighted by Gasteiger charge is 2.12. The van der Waals surface area contributed by atoms with E-state index in [1.165, 1.54) is 7.11 Å². The van der Waals surface area contributed by atoms with Gasteiger partial charge in [0.05, 0.1) is 12.7 Å². The summed E-state index contributed by atoms with van der Waals surface area (Å²) in [5.41, 5.74) is 3.23. The predicted octanol–water partition coefficient (Wildman–Crippen LogP) is 3.66. The summed E-state index contributed by atoms with van der Waals surface area (Å²) < 4.78 is 5.26. The van der Waals surface area contributed by atoms with Gasteiger partial charge in [-0.3, -0.25) is 9.59 Å². The number of amides is 1. The number of carboxylic acid groups (broad SMARTS) is 1. The highest BCUT2D eigenvalue weighted by atomic mass is 16.5. The molecule has 0 aromatic heterocycles. The molecule has 0 saturated heterocycles. The molecule has 2 rings (SSSR count). The van der Waals surface area contributed by atoms with Crippen molar-refractivity contribution in [1.29, 1.82) is 0 Å². The van der Waals surface area contributed by atoms with Gasteiger partial charge < -0.3 is 15.2 Å². The summed E-state index contributed by atoms with van der Waals surface area (Å²) in [6, 6.07) is 12.8. The van der Waals surface area contributed by atoms with Crippen molar-refractivity contribution in [2.45, 2.75) is 26.2 Å². The first kappa shape index (κ1) is 17.5. The molecule has 126 valence electrons. The fourth-order valence-corrected chi connectivity index (χ4v) is 2.38. The number of hydrogen-bond acceptors (Lipinski definition) is 3. The minimum absolute atomic E-state index is 0.158. The van der Waals surface area contributed by atoms with E-state index in [1.807, 2.05) is 43.3 Å². The van der Waals surface area contributed by atoms with Gasteiger partial charge in [0.25, 0.3) is 5.91 Å². The smallest absolute Gasteiger partial charge is 0.303 e. The zero-order chi connectivity index (χ0) is 17.5. The van der Waals surface area contributed by atoms with Crippen molar-refractivity contribution in [2.24, 2.45) is 0 Å². The zero-order valence-electron chi connectivity index (χ0n) is 13.8. The number of ether oxygens (including phenoxy) is 1. The highest BCUT2D eigenvalue weighted by Crippen LogP contribution is 2.21. The number of nitrogens with one attached hydrogen (secondary N) is 1. The Labute approximate surface area is 141 Å². The fourth-order valence-electron chi connectivity index (χ4n) is 2.38. The number of carbonyl (C=O) groups is 2. The second-order valence-corrected chi connectivity index (χ2v) is 5.60. The summed E-state index contributed by atoms with van der Waals surface area (Å²) in [4.78, 5) is 22.9. The monoisotopic (exact) mass is 327 g/mol. The number of benzene rings is 2. The molecule has 2 aromatic carbocycles. The molecule has 5 heteroatoms. The lowest BCUT2D eigenvalue weighted by molar-refractivity contribution is -0.137. The van der Waals surface area contributed by atoms with Crippen LogP contribution in [0, 0.1) is 6.92 Å². The highest BCUT2D eigenvalue weighted by molar-refractivity contribution is 6.06. The zero-order valence-corrected chi connectivity index (χ0v) is 13.8. The number of anilines is 1. The summed E-state index contributed by atoms with van der Waals surface area (Å²) in [6.45, 7) is 1.94. The summed E-state index contributed by atoms with van der Waals surface area (Å²) in [5, 5.41) is 11.5. The normalized spacial score (nSPS) is 10.2. The second kappa shape index (κ2) is 8.15. The topological polar surface area (TPSA) is 75.6 Å². The fraction of sp³-hybridized carbons (Fsp3) is 0.263. The van der Waals surface area contributed by atoms with Crippen LogP contribution in [-0.2, 0) is 11.2 Å². The summed E-state index contributed by atoms with van der Waals surface area (Å²) in [7, 11) is 1.54. The molecule has 0 saturated carbocycles. The molecule has 0 unspecified atom stereocenters. The SMILES string of the molecule is COc1cc(C)ccc1C(=O)Nc1ccc(CCCC(=O)O)cc1. The minimum atomic E-state index is -0.786. The maximum Gasteiger partial charge on any atom is 0.303 e. The van der Waals surface area contributed by atoms with Crippen molar-refractivity contribution < 1.29 is 19.4 Å². The maximum atomic E-state index is 12.4. The van der Waals surface area contributed by atoms with Crippen molar-refractivity contribution in [3.05, 3.63) is 59.2 Å². The van der Waals surface area contributed by atoms with Crippen LogP contribution in [0.3, 0.4) is 0 Å². The minimum Gasteiger partial charge on any atom is -0.496 e. The molecule has 0 aliphatic rings. The second-order valence-electron chi connectivity index (χ2n) is 5.60. The largest absolute Gasteiger partial charge is 0.496 e. The number of carboxylic acids is 1. The molecule has 1 amide bonds. The van der Waals surface area contributed by atoms with E-state index in [1.54, 1.807) is 6.07 Å². The predicted molar refractivity (Wildman–Crippen MR) is 92.7 cm³/mol. The van der Waals surface area contributed by atoms with Gasteiger partial charge in [0.15, 0.2) is 0 Å². The Balaban J connectivity index is 2.00.